The number of carbonyl (C=O) groups excluding carboxylic acids is 3. The molecular formula is C27H33NO8. The first-order valence-corrected chi connectivity index (χ1v) is 11.9. The number of hydrogen-bond acceptors (Lipinski definition) is 8. The largest absolute Gasteiger partial charge is 0.497 e. The van der Waals surface area contributed by atoms with Gasteiger partial charge in [0, 0.05) is 12.1 Å². The fourth-order valence-electron chi connectivity index (χ4n) is 4.22. The van der Waals surface area contributed by atoms with E-state index in [0.717, 1.165) is 24.2 Å². The molecule has 1 aliphatic rings. The number of Topliss-reactive ketones (excluding diaryl/α,β-unsaturated/α-hetero) is 1. The number of benzene rings is 2. The highest BCUT2D eigenvalue weighted by Gasteiger charge is 2.36. The van der Waals surface area contributed by atoms with Gasteiger partial charge in [-0.1, -0.05) is 12.1 Å². The van der Waals surface area contributed by atoms with E-state index in [-0.39, 0.29) is 23.7 Å². The second-order valence-corrected chi connectivity index (χ2v) is 8.37. The molecular weight excluding hydrogens is 466 g/mol. The average molecular weight is 500 g/mol. The molecule has 36 heavy (non-hydrogen) atoms. The van der Waals surface area contributed by atoms with Gasteiger partial charge in [-0.25, -0.2) is 4.79 Å². The number of likely N-dealkylation sites (tertiary alicyclic amines) is 1. The number of carbonyl (C=O) groups is 3. The van der Waals surface area contributed by atoms with Gasteiger partial charge in [0.2, 0.25) is 5.75 Å². The van der Waals surface area contributed by atoms with Crippen molar-refractivity contribution in [1.82, 2.24) is 4.90 Å². The van der Waals surface area contributed by atoms with Crippen LogP contribution in [-0.4, -0.2) is 70.2 Å². The zero-order valence-corrected chi connectivity index (χ0v) is 21.2. The minimum absolute atomic E-state index is 0.0895. The standard InChI is InChI=1S/C27H33NO8/c1-32-20-12-10-18(11-13-20)8-7-15-36-27(31)21-9-5-6-14-28(21)26(30)24(29)19-16-22(33-2)25(35-4)23(17-19)34-3/h10-13,16-17,21H,5-9,14-15H2,1-4H3. The summed E-state index contributed by atoms with van der Waals surface area (Å²) in [6.45, 7) is 0.533. The number of hydrogen-bond donors (Lipinski definition) is 0. The summed E-state index contributed by atoms with van der Waals surface area (Å²) < 4.78 is 26.5. The summed E-state index contributed by atoms with van der Waals surface area (Å²) >= 11 is 0. The number of ketones is 1. The Bertz CT molecular complexity index is 1040. The molecule has 0 aliphatic carbocycles. The van der Waals surface area contributed by atoms with Crippen LogP contribution in [-0.2, 0) is 20.7 Å². The van der Waals surface area contributed by atoms with Crippen molar-refractivity contribution in [2.75, 3.05) is 41.6 Å². The molecule has 1 aliphatic heterocycles. The van der Waals surface area contributed by atoms with Crippen LogP contribution in [0.1, 0.15) is 41.6 Å². The highest BCUT2D eigenvalue weighted by molar-refractivity contribution is 6.43. The van der Waals surface area contributed by atoms with E-state index >= 15 is 0 Å². The molecule has 2 aromatic rings. The van der Waals surface area contributed by atoms with Gasteiger partial charge in [0.25, 0.3) is 11.7 Å². The van der Waals surface area contributed by atoms with Gasteiger partial charge in [-0.2, -0.15) is 0 Å². The van der Waals surface area contributed by atoms with Crippen LogP contribution in [0.4, 0.5) is 0 Å². The third kappa shape index (κ3) is 6.27. The van der Waals surface area contributed by atoms with Gasteiger partial charge in [-0.15, -0.1) is 0 Å². The Morgan fingerprint density at radius 1 is 0.889 bits per heavy atom. The van der Waals surface area contributed by atoms with Crippen LogP contribution in [0, 0.1) is 0 Å². The summed E-state index contributed by atoms with van der Waals surface area (Å²) in [6.07, 6.45) is 3.31. The van der Waals surface area contributed by atoms with E-state index in [1.165, 1.54) is 38.4 Å². The van der Waals surface area contributed by atoms with Crippen molar-refractivity contribution in [3.63, 3.8) is 0 Å². The first-order chi connectivity index (χ1) is 17.4. The molecule has 0 radical (unpaired) electrons. The maximum Gasteiger partial charge on any atom is 0.328 e. The second kappa shape index (κ2) is 12.8. The Labute approximate surface area is 211 Å². The number of nitrogens with zero attached hydrogens (tertiary/aromatic N) is 1. The van der Waals surface area contributed by atoms with E-state index in [4.69, 9.17) is 23.7 Å². The van der Waals surface area contributed by atoms with Crippen molar-refractivity contribution < 1.29 is 38.1 Å². The number of rotatable bonds is 11. The van der Waals surface area contributed by atoms with E-state index in [2.05, 4.69) is 0 Å². The number of methoxy groups -OCH3 is 4. The van der Waals surface area contributed by atoms with Crippen LogP contribution >= 0.6 is 0 Å². The summed E-state index contributed by atoms with van der Waals surface area (Å²) in [5, 5.41) is 0. The summed E-state index contributed by atoms with van der Waals surface area (Å²) in [4.78, 5) is 40.5. The SMILES string of the molecule is COc1ccc(CCCOC(=O)C2CCCCN2C(=O)C(=O)c2cc(OC)c(OC)c(OC)c2)cc1. The van der Waals surface area contributed by atoms with Crippen molar-refractivity contribution in [1.29, 1.82) is 0 Å². The molecule has 194 valence electrons. The Kier molecular flexibility index (Phi) is 9.55. The highest BCUT2D eigenvalue weighted by atomic mass is 16.5. The number of piperidine rings is 1. The third-order valence-electron chi connectivity index (χ3n) is 6.17. The topological polar surface area (TPSA) is 101 Å². The quantitative estimate of drug-likeness (QED) is 0.201. The molecule has 0 bridgehead atoms. The molecule has 1 amide bonds. The van der Waals surface area contributed by atoms with Crippen LogP contribution in [0.2, 0.25) is 0 Å². The summed E-state index contributed by atoms with van der Waals surface area (Å²) in [5.74, 6) is -0.376. The van der Waals surface area contributed by atoms with Gasteiger partial charge in [0.15, 0.2) is 11.5 Å². The van der Waals surface area contributed by atoms with E-state index in [1.807, 2.05) is 24.3 Å². The van der Waals surface area contributed by atoms with E-state index < -0.39 is 23.7 Å². The van der Waals surface area contributed by atoms with Crippen molar-refractivity contribution in [2.45, 2.75) is 38.1 Å². The molecule has 9 heteroatoms. The average Bonchev–Trinajstić information content (AvgIpc) is 2.93. The van der Waals surface area contributed by atoms with Gasteiger partial charge < -0.3 is 28.6 Å². The fraction of sp³-hybridized carbons (Fsp3) is 0.444. The highest BCUT2D eigenvalue weighted by Crippen LogP contribution is 2.38. The minimum Gasteiger partial charge on any atom is -0.497 e. The third-order valence-corrected chi connectivity index (χ3v) is 6.17. The van der Waals surface area contributed by atoms with Crippen LogP contribution in [0.3, 0.4) is 0 Å². The number of esters is 1. The fourth-order valence-corrected chi connectivity index (χ4v) is 4.22. The molecule has 1 heterocycles. The molecule has 0 spiro atoms. The normalized spacial score (nSPS) is 15.1. The van der Waals surface area contributed by atoms with Gasteiger partial charge in [-0.05, 0) is 61.9 Å². The van der Waals surface area contributed by atoms with Crippen LogP contribution < -0.4 is 18.9 Å². The predicted molar refractivity (Wildman–Crippen MR) is 132 cm³/mol. The van der Waals surface area contributed by atoms with Crippen LogP contribution in [0.25, 0.3) is 0 Å². The van der Waals surface area contributed by atoms with Crippen molar-refractivity contribution in [3.8, 4) is 23.0 Å². The molecule has 1 fully saturated rings. The lowest BCUT2D eigenvalue weighted by atomic mass is 10.00. The minimum atomic E-state index is -0.793. The summed E-state index contributed by atoms with van der Waals surface area (Å²) in [5.41, 5.74) is 1.20. The van der Waals surface area contributed by atoms with Crippen LogP contribution in [0.15, 0.2) is 36.4 Å². The first kappa shape index (κ1) is 26.8. The van der Waals surface area contributed by atoms with E-state index in [9.17, 15) is 14.4 Å². The van der Waals surface area contributed by atoms with Gasteiger partial charge in [0.1, 0.15) is 11.8 Å². The molecule has 0 saturated carbocycles. The van der Waals surface area contributed by atoms with Crippen molar-refractivity contribution in [3.05, 3.63) is 47.5 Å². The van der Waals surface area contributed by atoms with Crippen molar-refractivity contribution in [2.24, 2.45) is 0 Å². The van der Waals surface area contributed by atoms with Gasteiger partial charge in [-0.3, -0.25) is 9.59 Å². The lowest BCUT2D eigenvalue weighted by Gasteiger charge is -2.33. The van der Waals surface area contributed by atoms with Gasteiger partial charge >= 0.3 is 5.97 Å². The van der Waals surface area contributed by atoms with E-state index in [1.54, 1.807) is 7.11 Å². The molecule has 1 saturated heterocycles. The Balaban J connectivity index is 1.64. The maximum absolute atomic E-state index is 13.2. The zero-order chi connectivity index (χ0) is 26.1. The lowest BCUT2D eigenvalue weighted by molar-refractivity contribution is -0.155. The van der Waals surface area contributed by atoms with Crippen LogP contribution in [0.5, 0.6) is 23.0 Å². The monoisotopic (exact) mass is 499 g/mol. The Morgan fingerprint density at radius 3 is 2.14 bits per heavy atom. The summed E-state index contributed by atoms with van der Waals surface area (Å²) in [7, 11) is 5.93. The van der Waals surface area contributed by atoms with E-state index in [0.29, 0.717) is 31.6 Å². The Hall–Kier alpha value is -3.75. The van der Waals surface area contributed by atoms with Crippen molar-refractivity contribution >= 4 is 17.7 Å². The molecule has 0 N–H and O–H groups in total. The molecule has 1 atom stereocenters. The predicted octanol–water partition coefficient (Wildman–Crippen LogP) is 3.46. The molecule has 0 aromatic heterocycles. The number of ether oxygens (including phenoxy) is 5. The molecule has 9 nitrogen and oxygen atoms in total. The number of amides is 1. The molecule has 1 unspecified atom stereocenters. The Morgan fingerprint density at radius 2 is 1.56 bits per heavy atom. The molecule has 2 aromatic carbocycles. The first-order valence-electron chi connectivity index (χ1n) is 11.9. The smallest absolute Gasteiger partial charge is 0.328 e. The van der Waals surface area contributed by atoms with Gasteiger partial charge in [0.05, 0.1) is 35.0 Å². The molecule has 3 rings (SSSR count). The lowest BCUT2D eigenvalue weighted by Crippen LogP contribution is -2.51. The zero-order valence-electron chi connectivity index (χ0n) is 21.2. The maximum atomic E-state index is 13.2. The number of aryl methyl sites for hydroxylation is 1. The summed E-state index contributed by atoms with van der Waals surface area (Å²) in [6, 6.07) is 9.78. The second-order valence-electron chi connectivity index (χ2n) is 8.37.